The number of hydrogen-bond donors (Lipinski definition) is 1. The first-order valence-corrected chi connectivity index (χ1v) is 7.92. The third-order valence-corrected chi connectivity index (χ3v) is 5.08. The van der Waals surface area contributed by atoms with Gasteiger partial charge in [0.05, 0.1) is 10.6 Å². The zero-order chi connectivity index (χ0) is 11.7. The molecular weight excluding hydrogens is 250 g/mol. The molecule has 90 valence electrons. The first-order chi connectivity index (χ1) is 8.38. The van der Waals surface area contributed by atoms with Crippen LogP contribution in [0.25, 0.3) is 10.2 Å². The Morgan fingerprint density at radius 2 is 2.41 bits per heavy atom. The standard InChI is InChI=1S/C12H15N3S2/c1-2-13-10-8-5-7-17-12(8)15-11(14-10)9-4-3-6-16-9/h5,7,9H,2-4,6H2,1H3,(H,13,14,15). The van der Waals surface area contributed by atoms with Gasteiger partial charge in [0.2, 0.25) is 0 Å². The zero-order valence-electron chi connectivity index (χ0n) is 9.77. The van der Waals surface area contributed by atoms with Gasteiger partial charge >= 0.3 is 0 Å². The fraction of sp³-hybridized carbons (Fsp3) is 0.500. The Kier molecular flexibility index (Phi) is 3.20. The maximum atomic E-state index is 4.71. The predicted molar refractivity (Wildman–Crippen MR) is 76.0 cm³/mol. The molecule has 0 aromatic carbocycles. The van der Waals surface area contributed by atoms with Gasteiger partial charge in [0, 0.05) is 6.54 Å². The summed E-state index contributed by atoms with van der Waals surface area (Å²) in [6.07, 6.45) is 2.50. The molecular formula is C12H15N3S2. The van der Waals surface area contributed by atoms with Crippen molar-refractivity contribution in [2.75, 3.05) is 17.6 Å². The van der Waals surface area contributed by atoms with Gasteiger partial charge in [0.25, 0.3) is 0 Å². The van der Waals surface area contributed by atoms with E-state index in [9.17, 15) is 0 Å². The van der Waals surface area contributed by atoms with E-state index < -0.39 is 0 Å². The first kappa shape index (κ1) is 11.3. The quantitative estimate of drug-likeness (QED) is 0.918. The van der Waals surface area contributed by atoms with E-state index in [4.69, 9.17) is 9.97 Å². The van der Waals surface area contributed by atoms with E-state index in [1.165, 1.54) is 18.6 Å². The molecule has 1 saturated heterocycles. The molecule has 0 bridgehead atoms. The van der Waals surface area contributed by atoms with Gasteiger partial charge in [-0.1, -0.05) is 0 Å². The number of hydrogen-bond acceptors (Lipinski definition) is 5. The Labute approximate surface area is 109 Å². The van der Waals surface area contributed by atoms with Gasteiger partial charge in [-0.15, -0.1) is 11.3 Å². The predicted octanol–water partition coefficient (Wildman–Crippen LogP) is 3.69. The lowest BCUT2D eigenvalue weighted by Gasteiger charge is -2.10. The third-order valence-electron chi connectivity index (χ3n) is 2.90. The highest BCUT2D eigenvalue weighted by Crippen LogP contribution is 2.39. The summed E-state index contributed by atoms with van der Waals surface area (Å²) in [5.74, 6) is 3.26. The number of anilines is 1. The summed E-state index contributed by atoms with van der Waals surface area (Å²) in [4.78, 5) is 10.5. The molecule has 1 atom stereocenters. The van der Waals surface area contributed by atoms with Crippen LogP contribution in [0.15, 0.2) is 11.4 Å². The normalized spacial score (nSPS) is 19.9. The van der Waals surface area contributed by atoms with Gasteiger partial charge in [0.1, 0.15) is 16.5 Å². The first-order valence-electron chi connectivity index (χ1n) is 5.99. The van der Waals surface area contributed by atoms with Crippen molar-refractivity contribution in [1.82, 2.24) is 9.97 Å². The lowest BCUT2D eigenvalue weighted by atomic mass is 10.2. The Morgan fingerprint density at radius 1 is 1.47 bits per heavy atom. The van der Waals surface area contributed by atoms with Crippen molar-refractivity contribution in [2.45, 2.75) is 25.0 Å². The van der Waals surface area contributed by atoms with Crippen LogP contribution in [0.5, 0.6) is 0 Å². The minimum Gasteiger partial charge on any atom is -0.370 e. The number of thiophene rings is 1. The maximum Gasteiger partial charge on any atom is 0.145 e. The van der Waals surface area contributed by atoms with E-state index in [0.29, 0.717) is 5.25 Å². The highest BCUT2D eigenvalue weighted by atomic mass is 32.2. The third kappa shape index (κ3) is 2.13. The second-order valence-electron chi connectivity index (χ2n) is 4.10. The molecule has 0 spiro atoms. The SMILES string of the molecule is CCNc1nc(C2CCCS2)nc2sccc12. The second-order valence-corrected chi connectivity index (χ2v) is 6.31. The molecule has 2 aromatic rings. The lowest BCUT2D eigenvalue weighted by Crippen LogP contribution is -2.05. The number of nitrogens with zero attached hydrogens (tertiary/aromatic N) is 2. The summed E-state index contributed by atoms with van der Waals surface area (Å²) in [5, 5.41) is 7.09. The van der Waals surface area contributed by atoms with Gasteiger partial charge < -0.3 is 5.32 Å². The van der Waals surface area contributed by atoms with Crippen LogP contribution < -0.4 is 5.32 Å². The molecule has 0 aliphatic carbocycles. The van der Waals surface area contributed by atoms with Crippen molar-refractivity contribution in [3.63, 3.8) is 0 Å². The molecule has 3 rings (SSSR count). The topological polar surface area (TPSA) is 37.8 Å². The molecule has 0 radical (unpaired) electrons. The molecule has 2 aromatic heterocycles. The van der Waals surface area contributed by atoms with Crippen LogP contribution in [0, 0.1) is 0 Å². The van der Waals surface area contributed by atoms with Crippen molar-refractivity contribution in [1.29, 1.82) is 0 Å². The zero-order valence-corrected chi connectivity index (χ0v) is 11.4. The molecule has 5 heteroatoms. The van der Waals surface area contributed by atoms with E-state index in [1.807, 2.05) is 11.8 Å². The van der Waals surface area contributed by atoms with E-state index in [0.717, 1.165) is 28.4 Å². The van der Waals surface area contributed by atoms with Crippen LogP contribution in [-0.2, 0) is 0 Å². The summed E-state index contributed by atoms with van der Waals surface area (Å²) >= 11 is 3.69. The number of aromatic nitrogens is 2. The number of thioether (sulfide) groups is 1. The van der Waals surface area contributed by atoms with Gasteiger partial charge in [0.15, 0.2) is 0 Å². The number of fused-ring (bicyclic) bond motifs is 1. The van der Waals surface area contributed by atoms with Crippen molar-refractivity contribution in [3.05, 3.63) is 17.3 Å². The highest BCUT2D eigenvalue weighted by Gasteiger charge is 2.22. The van der Waals surface area contributed by atoms with Gasteiger partial charge in [-0.25, -0.2) is 9.97 Å². The van der Waals surface area contributed by atoms with E-state index in [2.05, 4.69) is 23.7 Å². The molecule has 1 aliphatic rings. The molecule has 1 unspecified atom stereocenters. The Morgan fingerprint density at radius 3 is 3.18 bits per heavy atom. The summed E-state index contributed by atoms with van der Waals surface area (Å²) in [5.41, 5.74) is 0. The van der Waals surface area contributed by atoms with E-state index in [1.54, 1.807) is 11.3 Å². The molecule has 1 fully saturated rings. The largest absolute Gasteiger partial charge is 0.370 e. The Hall–Kier alpha value is -0.810. The van der Waals surface area contributed by atoms with Crippen molar-refractivity contribution in [3.8, 4) is 0 Å². The number of nitrogens with one attached hydrogen (secondary N) is 1. The van der Waals surface area contributed by atoms with Crippen LogP contribution in [0.3, 0.4) is 0 Å². The van der Waals surface area contributed by atoms with Gasteiger partial charge in [-0.3, -0.25) is 0 Å². The van der Waals surface area contributed by atoms with Gasteiger partial charge in [-0.2, -0.15) is 11.8 Å². The molecule has 1 aliphatic heterocycles. The monoisotopic (exact) mass is 265 g/mol. The van der Waals surface area contributed by atoms with E-state index >= 15 is 0 Å². The second kappa shape index (κ2) is 4.82. The lowest BCUT2D eigenvalue weighted by molar-refractivity contribution is 0.784. The smallest absolute Gasteiger partial charge is 0.145 e. The summed E-state index contributed by atoms with van der Waals surface area (Å²) in [7, 11) is 0. The van der Waals surface area contributed by atoms with Crippen LogP contribution in [0.2, 0.25) is 0 Å². The number of rotatable bonds is 3. The van der Waals surface area contributed by atoms with Crippen molar-refractivity contribution >= 4 is 39.1 Å². The molecule has 1 N–H and O–H groups in total. The fourth-order valence-corrected chi connectivity index (χ4v) is 4.08. The molecule has 17 heavy (non-hydrogen) atoms. The summed E-state index contributed by atoms with van der Waals surface area (Å²) < 4.78 is 0. The summed E-state index contributed by atoms with van der Waals surface area (Å²) in [6, 6.07) is 2.10. The minimum absolute atomic E-state index is 0.499. The minimum atomic E-state index is 0.499. The van der Waals surface area contributed by atoms with Crippen LogP contribution in [0.1, 0.15) is 30.8 Å². The van der Waals surface area contributed by atoms with Crippen LogP contribution in [-0.4, -0.2) is 22.3 Å². The molecule has 0 amide bonds. The van der Waals surface area contributed by atoms with Crippen molar-refractivity contribution < 1.29 is 0 Å². The van der Waals surface area contributed by atoms with E-state index in [-0.39, 0.29) is 0 Å². The maximum absolute atomic E-state index is 4.71. The average Bonchev–Trinajstić information content (AvgIpc) is 3.00. The Bertz CT molecular complexity index is 517. The average molecular weight is 265 g/mol. The molecule has 0 saturated carbocycles. The van der Waals surface area contributed by atoms with Gasteiger partial charge in [-0.05, 0) is 37.0 Å². The molecule has 3 nitrogen and oxygen atoms in total. The highest BCUT2D eigenvalue weighted by molar-refractivity contribution is 7.99. The van der Waals surface area contributed by atoms with Crippen LogP contribution in [0.4, 0.5) is 5.82 Å². The Balaban J connectivity index is 2.06. The summed E-state index contributed by atoms with van der Waals surface area (Å²) in [6.45, 7) is 3.00. The van der Waals surface area contributed by atoms with Crippen molar-refractivity contribution in [2.24, 2.45) is 0 Å². The fourth-order valence-electron chi connectivity index (χ4n) is 2.10. The molecule has 3 heterocycles. The van der Waals surface area contributed by atoms with Crippen LogP contribution >= 0.6 is 23.1 Å².